The van der Waals surface area contributed by atoms with Crippen LogP contribution in [0.4, 0.5) is 4.39 Å². The minimum atomic E-state index is -0.587. The molecule has 0 atom stereocenters. The second kappa shape index (κ2) is 6.39. The summed E-state index contributed by atoms with van der Waals surface area (Å²) in [5.74, 6) is -0.0847. The average molecular weight is 295 g/mol. The third-order valence-corrected chi connectivity index (χ3v) is 2.97. The molecule has 0 aliphatic heterocycles. The van der Waals surface area contributed by atoms with Crippen LogP contribution in [0.5, 0.6) is 11.5 Å². The summed E-state index contributed by atoms with van der Waals surface area (Å²) >= 11 is 5.90. The van der Waals surface area contributed by atoms with Crippen LogP contribution in [0.15, 0.2) is 36.4 Å². The Balaban J connectivity index is 2.25. The Hall–Kier alpha value is -2.07. The van der Waals surface area contributed by atoms with Crippen LogP contribution in [-0.2, 0) is 6.61 Å². The quantitative estimate of drug-likeness (QED) is 0.785. The molecule has 0 radical (unpaired) electrons. The number of hydrogen-bond acceptors (Lipinski definition) is 3. The summed E-state index contributed by atoms with van der Waals surface area (Å²) < 4.78 is 24.2. The van der Waals surface area contributed by atoms with Gasteiger partial charge < -0.3 is 9.47 Å². The van der Waals surface area contributed by atoms with E-state index >= 15 is 0 Å². The molecule has 0 saturated heterocycles. The Labute approximate surface area is 120 Å². The minimum absolute atomic E-state index is 0.0471. The third kappa shape index (κ3) is 3.08. The highest BCUT2D eigenvalue weighted by atomic mass is 35.5. The lowest BCUT2D eigenvalue weighted by atomic mass is 10.2. The molecule has 2 aromatic carbocycles. The predicted octanol–water partition coefficient (Wildman–Crippen LogP) is 3.88. The molecule has 0 spiro atoms. The fourth-order valence-corrected chi connectivity index (χ4v) is 1.98. The van der Waals surface area contributed by atoms with Crippen LogP contribution in [0.3, 0.4) is 0 Å². The first-order valence-corrected chi connectivity index (χ1v) is 6.22. The fourth-order valence-electron chi connectivity index (χ4n) is 1.78. The smallest absolute Gasteiger partial charge is 0.165 e. The second-order valence-electron chi connectivity index (χ2n) is 4.02. The summed E-state index contributed by atoms with van der Waals surface area (Å²) in [4.78, 5) is 10.9. The molecule has 0 unspecified atom stereocenters. The summed E-state index contributed by atoms with van der Waals surface area (Å²) in [6.07, 6.45) is 0.549. The van der Waals surface area contributed by atoms with Gasteiger partial charge in [-0.1, -0.05) is 17.7 Å². The average Bonchev–Trinajstić information content (AvgIpc) is 2.46. The minimum Gasteiger partial charge on any atom is -0.496 e. The Kier molecular flexibility index (Phi) is 4.58. The monoisotopic (exact) mass is 294 g/mol. The first kappa shape index (κ1) is 14.3. The molecule has 20 heavy (non-hydrogen) atoms. The summed E-state index contributed by atoms with van der Waals surface area (Å²) in [7, 11) is 1.52. The van der Waals surface area contributed by atoms with Crippen LogP contribution in [0, 0.1) is 5.82 Å². The Morgan fingerprint density at radius 2 is 2.10 bits per heavy atom. The molecule has 2 rings (SSSR count). The van der Waals surface area contributed by atoms with Crippen LogP contribution in [0.1, 0.15) is 15.9 Å². The van der Waals surface area contributed by atoms with E-state index in [1.807, 2.05) is 0 Å². The van der Waals surface area contributed by atoms with E-state index in [4.69, 9.17) is 21.1 Å². The Morgan fingerprint density at radius 1 is 1.30 bits per heavy atom. The summed E-state index contributed by atoms with van der Waals surface area (Å²) in [6, 6.07) is 9.22. The van der Waals surface area contributed by atoms with Crippen molar-refractivity contribution in [2.75, 3.05) is 7.11 Å². The summed E-state index contributed by atoms with van der Waals surface area (Å²) in [6.45, 7) is 0.0471. The third-order valence-electron chi connectivity index (χ3n) is 2.74. The molecule has 0 N–H and O–H groups in total. The predicted molar refractivity (Wildman–Crippen MR) is 74.1 cm³/mol. The number of hydrogen-bond donors (Lipinski definition) is 0. The van der Waals surface area contributed by atoms with E-state index in [0.29, 0.717) is 22.6 Å². The number of carbonyl (C=O) groups is 1. The maximum Gasteiger partial charge on any atom is 0.165 e. The Morgan fingerprint density at radius 3 is 2.80 bits per heavy atom. The topological polar surface area (TPSA) is 35.5 Å². The number of rotatable bonds is 5. The van der Waals surface area contributed by atoms with E-state index < -0.39 is 5.82 Å². The van der Waals surface area contributed by atoms with E-state index in [2.05, 4.69) is 0 Å². The molecule has 0 fully saturated rings. The molecule has 3 nitrogen and oxygen atoms in total. The molecule has 0 aliphatic rings. The van der Waals surface area contributed by atoms with E-state index in [9.17, 15) is 9.18 Å². The molecule has 0 heterocycles. The maximum atomic E-state index is 13.7. The van der Waals surface area contributed by atoms with Gasteiger partial charge in [0.1, 0.15) is 12.4 Å². The lowest BCUT2D eigenvalue weighted by molar-refractivity contribution is 0.111. The van der Waals surface area contributed by atoms with E-state index in [1.165, 1.54) is 25.3 Å². The van der Waals surface area contributed by atoms with E-state index in [-0.39, 0.29) is 17.9 Å². The molecule has 2 aromatic rings. The largest absolute Gasteiger partial charge is 0.496 e. The number of para-hydroxylation sites is 1. The van der Waals surface area contributed by atoms with Crippen molar-refractivity contribution in [1.82, 2.24) is 0 Å². The number of benzene rings is 2. The van der Waals surface area contributed by atoms with Crippen molar-refractivity contribution >= 4 is 17.9 Å². The molecule has 104 valence electrons. The number of methoxy groups -OCH3 is 1. The molecular formula is C15H12ClFO3. The SMILES string of the molecule is COc1ccc(Cl)cc1COc1c(F)cccc1C=O. The highest BCUT2D eigenvalue weighted by molar-refractivity contribution is 6.30. The molecule has 0 amide bonds. The molecule has 0 aromatic heterocycles. The molecule has 0 bridgehead atoms. The van der Waals surface area contributed by atoms with Gasteiger partial charge in [-0.15, -0.1) is 0 Å². The second-order valence-corrected chi connectivity index (χ2v) is 4.46. The number of carbonyl (C=O) groups excluding carboxylic acids is 1. The zero-order chi connectivity index (χ0) is 14.5. The van der Waals surface area contributed by atoms with Gasteiger partial charge in [-0.05, 0) is 30.3 Å². The molecule has 0 aliphatic carbocycles. The van der Waals surface area contributed by atoms with Gasteiger partial charge >= 0.3 is 0 Å². The number of halogens is 2. The highest BCUT2D eigenvalue weighted by Gasteiger charge is 2.11. The first-order chi connectivity index (χ1) is 9.65. The molecule has 0 saturated carbocycles. The van der Waals surface area contributed by atoms with Crippen molar-refractivity contribution in [2.24, 2.45) is 0 Å². The van der Waals surface area contributed by atoms with Crippen molar-refractivity contribution in [3.05, 3.63) is 58.4 Å². The lowest BCUT2D eigenvalue weighted by Gasteiger charge is -2.12. The highest BCUT2D eigenvalue weighted by Crippen LogP contribution is 2.26. The van der Waals surface area contributed by atoms with Gasteiger partial charge in [-0.25, -0.2) is 4.39 Å². The summed E-state index contributed by atoms with van der Waals surface area (Å²) in [5.41, 5.74) is 0.825. The zero-order valence-corrected chi connectivity index (χ0v) is 11.5. The van der Waals surface area contributed by atoms with Crippen LogP contribution in [0.25, 0.3) is 0 Å². The first-order valence-electron chi connectivity index (χ1n) is 5.84. The lowest BCUT2D eigenvalue weighted by Crippen LogP contribution is -2.02. The van der Waals surface area contributed by atoms with Crippen LogP contribution in [0.2, 0.25) is 5.02 Å². The zero-order valence-electron chi connectivity index (χ0n) is 10.7. The van der Waals surface area contributed by atoms with Crippen molar-refractivity contribution in [3.63, 3.8) is 0 Å². The summed E-state index contributed by atoms with van der Waals surface area (Å²) in [5, 5.41) is 0.522. The van der Waals surface area contributed by atoms with Gasteiger partial charge in [0.15, 0.2) is 17.9 Å². The van der Waals surface area contributed by atoms with Crippen LogP contribution < -0.4 is 9.47 Å². The van der Waals surface area contributed by atoms with Crippen LogP contribution in [-0.4, -0.2) is 13.4 Å². The maximum absolute atomic E-state index is 13.7. The van der Waals surface area contributed by atoms with Crippen molar-refractivity contribution in [3.8, 4) is 11.5 Å². The van der Waals surface area contributed by atoms with Crippen molar-refractivity contribution < 1.29 is 18.7 Å². The number of aldehydes is 1. The van der Waals surface area contributed by atoms with Gasteiger partial charge in [-0.3, -0.25) is 4.79 Å². The van der Waals surface area contributed by atoms with Gasteiger partial charge in [-0.2, -0.15) is 0 Å². The van der Waals surface area contributed by atoms with Gasteiger partial charge in [0.05, 0.1) is 12.7 Å². The Bertz CT molecular complexity index is 629. The van der Waals surface area contributed by atoms with Gasteiger partial charge in [0, 0.05) is 10.6 Å². The van der Waals surface area contributed by atoms with Gasteiger partial charge in [0.2, 0.25) is 0 Å². The number of ether oxygens (including phenoxy) is 2. The molecule has 5 heteroatoms. The van der Waals surface area contributed by atoms with Crippen LogP contribution >= 0.6 is 11.6 Å². The van der Waals surface area contributed by atoms with E-state index in [1.54, 1.807) is 18.2 Å². The van der Waals surface area contributed by atoms with Crippen molar-refractivity contribution in [2.45, 2.75) is 6.61 Å². The van der Waals surface area contributed by atoms with E-state index in [0.717, 1.165) is 0 Å². The molecular weight excluding hydrogens is 283 g/mol. The normalized spacial score (nSPS) is 10.2. The standard InChI is InChI=1S/C15H12ClFO3/c1-19-14-6-5-12(16)7-11(14)9-20-15-10(8-18)3-2-4-13(15)17/h2-8H,9H2,1H3. The fraction of sp³-hybridized carbons (Fsp3) is 0.133. The van der Waals surface area contributed by atoms with Crippen molar-refractivity contribution in [1.29, 1.82) is 0 Å². The van der Waals surface area contributed by atoms with Gasteiger partial charge in [0.25, 0.3) is 0 Å².